The Balaban J connectivity index is 1.13. The number of ether oxygens (including phenoxy) is 3. The number of alkyl carbamates (subject to hydrolysis) is 1. The SMILES string of the molecule is C[C@@H]([C@H](O)c1ccccc1)N(C)C[C@@H]1C[C@H](c2ccc(CO)cc2)O[C@H](c2ccc(N3C(=O)CC(NC(=O)OCc4ccccc4)C3=O)cc2)O1. The van der Waals surface area contributed by atoms with Gasteiger partial charge in [0.1, 0.15) is 12.6 Å². The van der Waals surface area contributed by atoms with E-state index in [9.17, 15) is 24.6 Å². The quantitative estimate of drug-likeness (QED) is 0.168. The highest BCUT2D eigenvalue weighted by Gasteiger charge is 2.41. The number of rotatable bonds is 12. The minimum absolute atomic E-state index is 0.0403. The number of aliphatic hydroxyl groups excluding tert-OH is 2. The Hall–Kier alpha value is -4.91. The van der Waals surface area contributed by atoms with Gasteiger partial charge in [0.05, 0.1) is 37.0 Å². The molecular weight excluding hydrogens is 650 g/mol. The van der Waals surface area contributed by atoms with Crippen LogP contribution in [0.15, 0.2) is 109 Å². The van der Waals surface area contributed by atoms with Crippen molar-refractivity contribution >= 4 is 23.6 Å². The molecule has 266 valence electrons. The summed E-state index contributed by atoms with van der Waals surface area (Å²) >= 11 is 0. The number of imide groups is 1. The van der Waals surface area contributed by atoms with Gasteiger partial charge in [0.15, 0.2) is 6.29 Å². The van der Waals surface area contributed by atoms with E-state index in [1.54, 1.807) is 24.3 Å². The van der Waals surface area contributed by atoms with Gasteiger partial charge in [-0.3, -0.25) is 14.5 Å². The third kappa shape index (κ3) is 8.70. The number of benzene rings is 4. The highest BCUT2D eigenvalue weighted by Crippen LogP contribution is 2.39. The van der Waals surface area contributed by atoms with Crippen molar-refractivity contribution in [3.05, 3.63) is 137 Å². The summed E-state index contributed by atoms with van der Waals surface area (Å²) in [6.07, 6.45) is -2.44. The third-order valence-electron chi connectivity index (χ3n) is 9.47. The van der Waals surface area contributed by atoms with Crippen molar-refractivity contribution in [1.29, 1.82) is 0 Å². The maximum Gasteiger partial charge on any atom is 0.408 e. The number of nitrogens with zero attached hydrogens (tertiary/aromatic N) is 2. The average molecular weight is 694 g/mol. The van der Waals surface area contributed by atoms with E-state index in [1.165, 1.54) is 0 Å². The molecule has 0 aromatic heterocycles. The number of carbonyl (C=O) groups is 3. The molecule has 1 unspecified atom stereocenters. The van der Waals surface area contributed by atoms with Crippen LogP contribution < -0.4 is 10.2 Å². The van der Waals surface area contributed by atoms with E-state index in [0.29, 0.717) is 24.2 Å². The summed E-state index contributed by atoms with van der Waals surface area (Å²) in [6, 6.07) is 31.9. The number of amides is 3. The van der Waals surface area contributed by atoms with E-state index in [-0.39, 0.29) is 37.9 Å². The van der Waals surface area contributed by atoms with Gasteiger partial charge in [-0.05, 0) is 48.4 Å². The van der Waals surface area contributed by atoms with Gasteiger partial charge >= 0.3 is 6.09 Å². The monoisotopic (exact) mass is 693 g/mol. The van der Waals surface area contributed by atoms with Crippen LogP contribution in [0.4, 0.5) is 10.5 Å². The first-order chi connectivity index (χ1) is 24.7. The molecule has 2 heterocycles. The molecule has 11 heteroatoms. The molecule has 2 aliphatic heterocycles. The van der Waals surface area contributed by atoms with Crippen LogP contribution in [-0.2, 0) is 37.0 Å². The maximum atomic E-state index is 13.2. The molecule has 2 fully saturated rings. The molecule has 6 rings (SSSR count). The van der Waals surface area contributed by atoms with E-state index >= 15 is 0 Å². The van der Waals surface area contributed by atoms with E-state index in [4.69, 9.17) is 14.2 Å². The van der Waals surface area contributed by atoms with Crippen molar-refractivity contribution < 1.29 is 38.8 Å². The zero-order chi connectivity index (χ0) is 35.9. The predicted octanol–water partition coefficient (Wildman–Crippen LogP) is 5.34. The van der Waals surface area contributed by atoms with Gasteiger partial charge in [0.2, 0.25) is 5.91 Å². The van der Waals surface area contributed by atoms with Crippen LogP contribution >= 0.6 is 0 Å². The van der Waals surface area contributed by atoms with E-state index < -0.39 is 36.3 Å². The number of carbonyl (C=O) groups excluding carboxylic acids is 3. The summed E-state index contributed by atoms with van der Waals surface area (Å²) in [5.74, 6) is -0.983. The van der Waals surface area contributed by atoms with Crippen LogP contribution in [0.2, 0.25) is 0 Å². The number of nitrogens with one attached hydrogen (secondary N) is 1. The van der Waals surface area contributed by atoms with E-state index in [1.807, 2.05) is 98.9 Å². The Bertz CT molecular complexity index is 1770. The first-order valence-corrected chi connectivity index (χ1v) is 17.1. The van der Waals surface area contributed by atoms with Gasteiger partial charge in [-0.2, -0.15) is 0 Å². The number of likely N-dealkylation sites (N-methyl/N-ethyl adjacent to an activating group) is 1. The van der Waals surface area contributed by atoms with Gasteiger partial charge in [0, 0.05) is 24.6 Å². The first kappa shape index (κ1) is 35.9. The summed E-state index contributed by atoms with van der Waals surface area (Å²) in [4.78, 5) is 41.7. The number of hydrogen-bond donors (Lipinski definition) is 3. The smallest absolute Gasteiger partial charge is 0.408 e. The molecule has 0 spiro atoms. The van der Waals surface area contributed by atoms with Crippen LogP contribution in [0.1, 0.15) is 66.1 Å². The summed E-state index contributed by atoms with van der Waals surface area (Å²) < 4.78 is 18.2. The molecule has 51 heavy (non-hydrogen) atoms. The van der Waals surface area contributed by atoms with Crippen LogP contribution in [0.3, 0.4) is 0 Å². The number of hydrogen-bond acceptors (Lipinski definition) is 9. The zero-order valence-corrected chi connectivity index (χ0v) is 28.6. The zero-order valence-electron chi connectivity index (χ0n) is 28.6. The minimum atomic E-state index is -1.04. The Kier molecular flexibility index (Phi) is 11.5. The molecule has 0 saturated carbocycles. The molecular formula is C40H43N3O8. The van der Waals surface area contributed by atoms with Gasteiger partial charge in [0.25, 0.3) is 5.91 Å². The predicted molar refractivity (Wildman–Crippen MR) is 189 cm³/mol. The highest BCUT2D eigenvalue weighted by molar-refractivity contribution is 6.22. The van der Waals surface area contributed by atoms with Crippen molar-refractivity contribution in [2.24, 2.45) is 0 Å². The lowest BCUT2D eigenvalue weighted by molar-refractivity contribution is -0.253. The number of anilines is 1. The topological polar surface area (TPSA) is 138 Å². The Labute approximate surface area is 297 Å². The normalized spacial score (nSPS) is 21.8. The molecule has 2 aliphatic rings. The molecule has 4 aromatic carbocycles. The van der Waals surface area contributed by atoms with Crippen LogP contribution in [0, 0.1) is 0 Å². The minimum Gasteiger partial charge on any atom is -0.445 e. The molecule has 2 saturated heterocycles. The number of aliphatic hydroxyl groups is 2. The molecule has 6 atom stereocenters. The van der Waals surface area contributed by atoms with Crippen LogP contribution in [0.25, 0.3) is 0 Å². The standard InChI is InChI=1S/C40H43N3O8/c1-26(37(46)30-11-7-4-8-12-30)42(2)23-33-21-35(29-15-13-27(24-44)14-16-29)51-39(50-33)31-17-19-32(20-18-31)43-36(45)22-34(38(43)47)41-40(48)49-25-28-9-5-3-6-10-28/h3-20,26,33-35,37,39,44,46H,21-25H2,1-2H3,(H,41,48)/t26-,33-,34?,35+,37-,39+/m0/s1. The lowest BCUT2D eigenvalue weighted by Crippen LogP contribution is -2.43. The van der Waals surface area contributed by atoms with Crippen molar-refractivity contribution in [3.63, 3.8) is 0 Å². The Morgan fingerprint density at radius 1 is 0.902 bits per heavy atom. The van der Waals surface area contributed by atoms with E-state index in [0.717, 1.165) is 27.2 Å². The lowest BCUT2D eigenvalue weighted by Gasteiger charge is -2.39. The van der Waals surface area contributed by atoms with Crippen molar-refractivity contribution in [1.82, 2.24) is 10.2 Å². The van der Waals surface area contributed by atoms with E-state index in [2.05, 4.69) is 10.2 Å². The average Bonchev–Trinajstić information content (AvgIpc) is 3.45. The molecule has 0 radical (unpaired) electrons. The van der Waals surface area contributed by atoms with Crippen molar-refractivity contribution in [2.75, 3.05) is 18.5 Å². The molecule has 11 nitrogen and oxygen atoms in total. The molecule has 0 aliphatic carbocycles. The van der Waals surface area contributed by atoms with Gasteiger partial charge in [-0.1, -0.05) is 97.1 Å². The molecule has 3 N–H and O–H groups in total. The van der Waals surface area contributed by atoms with Crippen LogP contribution in [-0.4, -0.2) is 64.8 Å². The highest BCUT2D eigenvalue weighted by atomic mass is 16.7. The Morgan fingerprint density at radius 3 is 2.22 bits per heavy atom. The first-order valence-electron chi connectivity index (χ1n) is 17.1. The second kappa shape index (κ2) is 16.4. The maximum absolute atomic E-state index is 13.2. The fourth-order valence-electron chi connectivity index (χ4n) is 6.39. The summed E-state index contributed by atoms with van der Waals surface area (Å²) in [6.45, 7) is 2.48. The fourth-order valence-corrected chi connectivity index (χ4v) is 6.39. The van der Waals surface area contributed by atoms with Gasteiger partial charge in [-0.25, -0.2) is 9.69 Å². The summed E-state index contributed by atoms with van der Waals surface area (Å²) in [5.41, 5.74) is 4.43. The van der Waals surface area contributed by atoms with Gasteiger partial charge in [-0.15, -0.1) is 0 Å². The van der Waals surface area contributed by atoms with Crippen molar-refractivity contribution in [2.45, 2.75) is 69.7 Å². The Morgan fingerprint density at radius 2 is 1.55 bits per heavy atom. The second-order valence-electron chi connectivity index (χ2n) is 13.0. The third-order valence-corrected chi connectivity index (χ3v) is 9.47. The van der Waals surface area contributed by atoms with Crippen molar-refractivity contribution in [3.8, 4) is 0 Å². The summed E-state index contributed by atoms with van der Waals surface area (Å²) in [5, 5.41) is 23.1. The molecule has 4 aromatic rings. The fraction of sp³-hybridized carbons (Fsp3) is 0.325. The molecule has 0 bridgehead atoms. The van der Waals surface area contributed by atoms with Gasteiger partial charge < -0.3 is 29.7 Å². The van der Waals surface area contributed by atoms with Crippen LogP contribution in [0.5, 0.6) is 0 Å². The second-order valence-corrected chi connectivity index (χ2v) is 13.0. The summed E-state index contributed by atoms with van der Waals surface area (Å²) in [7, 11) is 1.96. The molecule has 3 amide bonds. The largest absolute Gasteiger partial charge is 0.445 e. The lowest BCUT2D eigenvalue weighted by atomic mass is 9.98.